The summed E-state index contributed by atoms with van der Waals surface area (Å²) in [4.78, 5) is 8.86. The van der Waals surface area contributed by atoms with Crippen molar-refractivity contribution in [3.8, 4) is 17.6 Å². The maximum absolute atomic E-state index is 9.97. The van der Waals surface area contributed by atoms with Crippen LogP contribution in [0.15, 0.2) is 24.4 Å². The predicted molar refractivity (Wildman–Crippen MR) is 121 cm³/mol. The van der Waals surface area contributed by atoms with Gasteiger partial charge in [-0.15, -0.1) is 0 Å². The highest BCUT2D eigenvalue weighted by molar-refractivity contribution is 5.53. The first-order chi connectivity index (χ1) is 15.5. The lowest BCUT2D eigenvalue weighted by atomic mass is 9.48. The highest BCUT2D eigenvalue weighted by Crippen LogP contribution is 2.59. The van der Waals surface area contributed by atoms with Crippen LogP contribution >= 0.6 is 0 Å². The van der Waals surface area contributed by atoms with Crippen LogP contribution in [0.3, 0.4) is 0 Å². The highest BCUT2D eigenvalue weighted by atomic mass is 16.5. The zero-order valence-electron chi connectivity index (χ0n) is 18.3. The van der Waals surface area contributed by atoms with Crippen molar-refractivity contribution in [2.75, 3.05) is 24.3 Å². The first-order valence-corrected chi connectivity index (χ1v) is 11.3. The third-order valence-electron chi connectivity index (χ3n) is 7.71. The molecule has 5 atom stereocenters. The molecule has 4 fully saturated rings. The summed E-state index contributed by atoms with van der Waals surface area (Å²) >= 11 is 0. The molecule has 4 bridgehead atoms. The number of nitriles is 1. The van der Waals surface area contributed by atoms with Gasteiger partial charge in [0.25, 0.3) is 0 Å². The molecule has 1 aromatic heterocycles. The molecule has 1 heterocycles. The van der Waals surface area contributed by atoms with Crippen LogP contribution in [0.2, 0.25) is 0 Å². The smallest absolute Gasteiger partial charge is 0.224 e. The van der Waals surface area contributed by atoms with Crippen LogP contribution in [-0.4, -0.2) is 34.8 Å². The van der Waals surface area contributed by atoms with Crippen molar-refractivity contribution < 1.29 is 9.84 Å². The third kappa shape index (κ3) is 3.82. The Bertz CT molecular complexity index is 1040. The lowest BCUT2D eigenvalue weighted by molar-refractivity contribution is -0.0591. The summed E-state index contributed by atoms with van der Waals surface area (Å²) in [6, 6.07) is 7.79. The Morgan fingerprint density at radius 2 is 2.03 bits per heavy atom. The molecule has 8 heteroatoms. The van der Waals surface area contributed by atoms with Crippen molar-refractivity contribution in [1.82, 2.24) is 9.97 Å². The Labute approximate surface area is 188 Å². The molecule has 3 unspecified atom stereocenters. The van der Waals surface area contributed by atoms with Crippen molar-refractivity contribution in [1.29, 1.82) is 5.26 Å². The third-order valence-corrected chi connectivity index (χ3v) is 7.71. The van der Waals surface area contributed by atoms with Crippen molar-refractivity contribution in [2.45, 2.75) is 44.7 Å². The van der Waals surface area contributed by atoms with Gasteiger partial charge in [0.1, 0.15) is 17.5 Å². The molecule has 8 nitrogen and oxygen atoms in total. The van der Waals surface area contributed by atoms with Crippen LogP contribution in [0.25, 0.3) is 0 Å². The molecule has 5 N–H and O–H groups in total. The van der Waals surface area contributed by atoms with E-state index in [1.54, 1.807) is 18.3 Å². The SMILES string of the molecule is COc1ccc(CNc2ncc(C#N)c(NCC34CC5C[C@H](C3)C(N)[C@@H](C5)C4)n2)cc1O. The van der Waals surface area contributed by atoms with Gasteiger partial charge in [0.2, 0.25) is 5.95 Å². The molecular weight excluding hydrogens is 404 g/mol. The molecule has 2 aromatic rings. The van der Waals surface area contributed by atoms with Gasteiger partial charge in [0, 0.05) is 19.1 Å². The van der Waals surface area contributed by atoms with E-state index in [0.29, 0.717) is 47.5 Å². The van der Waals surface area contributed by atoms with E-state index in [9.17, 15) is 10.4 Å². The number of aromatic hydroxyl groups is 1. The first-order valence-electron chi connectivity index (χ1n) is 11.3. The molecule has 0 amide bonds. The van der Waals surface area contributed by atoms with E-state index in [4.69, 9.17) is 10.5 Å². The number of phenols is 1. The van der Waals surface area contributed by atoms with Gasteiger partial charge in [-0.3, -0.25) is 0 Å². The molecule has 4 saturated carbocycles. The molecule has 6 rings (SSSR count). The van der Waals surface area contributed by atoms with E-state index in [-0.39, 0.29) is 11.2 Å². The maximum Gasteiger partial charge on any atom is 0.224 e. The topological polar surface area (TPSA) is 129 Å². The second kappa shape index (κ2) is 8.14. The first kappa shape index (κ1) is 20.8. The lowest BCUT2D eigenvalue weighted by Crippen LogP contribution is -2.58. The van der Waals surface area contributed by atoms with Gasteiger partial charge in [-0.1, -0.05) is 6.07 Å². The Morgan fingerprint density at radius 3 is 2.72 bits per heavy atom. The summed E-state index contributed by atoms with van der Waals surface area (Å²) in [5, 5.41) is 26.2. The van der Waals surface area contributed by atoms with E-state index in [2.05, 4.69) is 26.7 Å². The molecule has 4 aliphatic rings. The number of nitrogens with two attached hydrogens (primary N) is 1. The van der Waals surface area contributed by atoms with E-state index in [1.807, 2.05) is 6.07 Å². The molecular formula is C24H30N6O2. The Morgan fingerprint density at radius 1 is 1.25 bits per heavy atom. The number of hydrogen-bond acceptors (Lipinski definition) is 8. The second-order valence-electron chi connectivity index (χ2n) is 9.83. The average Bonchev–Trinajstić information content (AvgIpc) is 2.79. The zero-order chi connectivity index (χ0) is 22.3. The van der Waals surface area contributed by atoms with Crippen LogP contribution in [-0.2, 0) is 6.54 Å². The number of nitrogens with one attached hydrogen (secondary N) is 2. The quantitative estimate of drug-likeness (QED) is 0.523. The van der Waals surface area contributed by atoms with Gasteiger partial charge in [0.05, 0.1) is 13.3 Å². The number of ether oxygens (including phenoxy) is 1. The minimum absolute atomic E-state index is 0.0881. The standard InChI is InChI=1S/C24H30N6O2/c1-32-20-3-2-14(6-19(20)31)11-27-23-28-12-18(10-25)22(30-23)29-13-24-7-15-4-16(8-24)21(26)17(5-15)9-24/h2-3,6,12,15-17,21,31H,4-5,7-9,11,13,26H2,1H3,(H2,27,28,29,30)/t15?,16-,17+,21?,24?. The van der Waals surface area contributed by atoms with Gasteiger partial charge in [-0.2, -0.15) is 10.2 Å². The average molecular weight is 435 g/mol. The van der Waals surface area contributed by atoms with Crippen molar-refractivity contribution in [2.24, 2.45) is 28.9 Å². The van der Waals surface area contributed by atoms with Gasteiger partial charge in [0.15, 0.2) is 11.5 Å². The fourth-order valence-corrected chi connectivity index (χ4v) is 6.43. The summed E-state index contributed by atoms with van der Waals surface area (Å²) in [5.74, 6) is 3.61. The number of anilines is 2. The Kier molecular flexibility index (Phi) is 5.30. The minimum atomic E-state index is 0.0881. The molecule has 1 aromatic carbocycles. The molecule has 32 heavy (non-hydrogen) atoms. The van der Waals surface area contributed by atoms with Crippen LogP contribution < -0.4 is 21.1 Å². The summed E-state index contributed by atoms with van der Waals surface area (Å²) in [7, 11) is 1.52. The molecule has 0 aliphatic heterocycles. The van der Waals surface area contributed by atoms with Crippen molar-refractivity contribution in [3.05, 3.63) is 35.5 Å². The van der Waals surface area contributed by atoms with Crippen molar-refractivity contribution >= 4 is 11.8 Å². The van der Waals surface area contributed by atoms with Crippen molar-refractivity contribution in [3.63, 3.8) is 0 Å². The van der Waals surface area contributed by atoms with E-state index in [0.717, 1.165) is 18.0 Å². The molecule has 4 aliphatic carbocycles. The number of aromatic nitrogens is 2. The number of nitrogens with zero attached hydrogens (tertiary/aromatic N) is 3. The predicted octanol–water partition coefficient (Wildman–Crippen LogP) is 3.24. The van der Waals surface area contributed by atoms with Gasteiger partial charge in [-0.25, -0.2) is 4.98 Å². The van der Waals surface area contributed by atoms with Gasteiger partial charge in [-0.05, 0) is 73.0 Å². The fourth-order valence-electron chi connectivity index (χ4n) is 6.43. The number of benzene rings is 1. The largest absolute Gasteiger partial charge is 0.504 e. The fraction of sp³-hybridized carbons (Fsp3) is 0.542. The number of hydrogen-bond donors (Lipinski definition) is 4. The molecule has 0 radical (unpaired) electrons. The maximum atomic E-state index is 9.97. The Hall–Kier alpha value is -3.05. The molecule has 168 valence electrons. The van der Waals surface area contributed by atoms with E-state index >= 15 is 0 Å². The van der Waals surface area contributed by atoms with E-state index in [1.165, 1.54) is 39.2 Å². The summed E-state index contributed by atoms with van der Waals surface area (Å²) in [5.41, 5.74) is 8.07. The van der Waals surface area contributed by atoms with Gasteiger partial charge < -0.3 is 26.2 Å². The highest BCUT2D eigenvalue weighted by Gasteiger charge is 2.54. The van der Waals surface area contributed by atoms with Crippen LogP contribution in [0.5, 0.6) is 11.5 Å². The normalized spacial score (nSPS) is 30.0. The number of methoxy groups -OCH3 is 1. The van der Waals surface area contributed by atoms with E-state index < -0.39 is 0 Å². The molecule has 0 spiro atoms. The monoisotopic (exact) mass is 434 g/mol. The summed E-state index contributed by atoms with van der Waals surface area (Å²) in [6.45, 7) is 1.26. The minimum Gasteiger partial charge on any atom is -0.504 e. The summed E-state index contributed by atoms with van der Waals surface area (Å²) in [6.07, 6.45) is 7.72. The Balaban J connectivity index is 1.27. The number of phenolic OH excluding ortho intramolecular Hbond substituents is 1. The summed E-state index contributed by atoms with van der Waals surface area (Å²) < 4.78 is 5.08. The lowest BCUT2D eigenvalue weighted by Gasteiger charge is -2.59. The van der Waals surface area contributed by atoms with Gasteiger partial charge >= 0.3 is 0 Å². The molecule has 0 saturated heterocycles. The number of rotatable bonds is 7. The van der Waals surface area contributed by atoms with Crippen LogP contribution in [0, 0.1) is 34.5 Å². The van der Waals surface area contributed by atoms with Crippen LogP contribution in [0.4, 0.5) is 11.8 Å². The van der Waals surface area contributed by atoms with Crippen LogP contribution in [0.1, 0.15) is 43.2 Å². The zero-order valence-corrected chi connectivity index (χ0v) is 18.3. The second-order valence-corrected chi connectivity index (χ2v) is 9.83.